The van der Waals surface area contributed by atoms with Crippen LogP contribution in [0.2, 0.25) is 0 Å². The fourth-order valence-electron chi connectivity index (χ4n) is 0. The maximum absolute atomic E-state index is 8.52. The van der Waals surface area contributed by atoms with E-state index in [4.69, 9.17) is 43.1 Å². The predicted octanol–water partition coefficient (Wildman–Crippen LogP) is -5.71. The molecule has 0 unspecified atom stereocenters. The van der Waals surface area contributed by atoms with E-state index in [-0.39, 0.29) is 76.3 Å². The summed E-state index contributed by atoms with van der Waals surface area (Å²) in [6.45, 7) is 0. The van der Waals surface area contributed by atoms with E-state index in [1.54, 1.807) is 0 Å². The molecule has 0 saturated carbocycles. The van der Waals surface area contributed by atoms with E-state index < -0.39 is 24.8 Å². The van der Waals surface area contributed by atoms with Gasteiger partial charge in [-0.05, 0) is 0 Å². The topological polar surface area (TPSA) is 190 Å². The van der Waals surface area contributed by atoms with Gasteiger partial charge in [0.1, 0.15) is 0 Å². The SMILES string of the molecule is O=[PH]([O-])[O-].O=[PH]([O-])[O-].O=[PH]([O-])[O-].[Dy+3].[Dy+3]. The van der Waals surface area contributed by atoms with Gasteiger partial charge in [-0.15, -0.1) is 0 Å². The molecule has 0 saturated heterocycles. The molecule has 0 aromatic heterocycles. The molecule has 0 aromatic rings. The monoisotopic (exact) mass is 568 g/mol. The molecule has 9 nitrogen and oxygen atoms in total. The fourth-order valence-corrected chi connectivity index (χ4v) is 0. The predicted molar refractivity (Wildman–Crippen MR) is 27.0 cm³/mol. The molecule has 14 heteroatoms. The summed E-state index contributed by atoms with van der Waals surface area (Å²) in [5, 5.41) is 0. The normalized spacial score (nSPS) is 7.50. The zero-order chi connectivity index (χ0) is 10.7. The molecule has 0 bridgehead atoms. The van der Waals surface area contributed by atoms with Gasteiger partial charge < -0.3 is 43.1 Å². The van der Waals surface area contributed by atoms with E-state index >= 15 is 0 Å². The van der Waals surface area contributed by atoms with Crippen LogP contribution in [0.15, 0.2) is 0 Å². The van der Waals surface area contributed by atoms with Gasteiger partial charge in [0.25, 0.3) is 0 Å². The van der Waals surface area contributed by atoms with Crippen molar-refractivity contribution in [3.05, 3.63) is 0 Å². The van der Waals surface area contributed by atoms with Crippen molar-refractivity contribution in [2.24, 2.45) is 0 Å². The summed E-state index contributed by atoms with van der Waals surface area (Å²) in [5.41, 5.74) is 0. The van der Waals surface area contributed by atoms with Gasteiger partial charge >= 0.3 is 76.3 Å². The molecular formula is H3Dy2O9P3. The largest absolute Gasteiger partial charge is 3.00 e. The Morgan fingerprint density at radius 1 is 0.500 bits per heavy atom. The molecule has 0 atom stereocenters. The van der Waals surface area contributed by atoms with Crippen LogP contribution in [0.1, 0.15) is 0 Å². The van der Waals surface area contributed by atoms with E-state index in [0.717, 1.165) is 0 Å². The van der Waals surface area contributed by atoms with Crippen molar-refractivity contribution >= 4 is 24.8 Å². The van der Waals surface area contributed by atoms with Gasteiger partial charge in [-0.25, -0.2) is 0 Å². The zero-order valence-corrected chi connectivity index (χ0v) is 12.9. The molecule has 0 aliphatic heterocycles. The molecule has 0 fully saturated rings. The van der Waals surface area contributed by atoms with Gasteiger partial charge in [0.2, 0.25) is 0 Å². The second-order valence-electron chi connectivity index (χ2n) is 0.750. The Labute approximate surface area is 142 Å². The third kappa shape index (κ3) is 327. The molecule has 0 aromatic carbocycles. The summed E-state index contributed by atoms with van der Waals surface area (Å²) in [5.74, 6) is 0. The zero-order valence-electron chi connectivity index (χ0n) is 5.81. The van der Waals surface area contributed by atoms with Crippen LogP contribution in [-0.4, -0.2) is 0 Å². The minimum atomic E-state index is -3.63. The van der Waals surface area contributed by atoms with Gasteiger partial charge in [-0.3, -0.25) is 0 Å². The van der Waals surface area contributed by atoms with Gasteiger partial charge in [0.05, 0.1) is 0 Å². The van der Waals surface area contributed by atoms with Crippen molar-refractivity contribution in [3.8, 4) is 0 Å². The van der Waals surface area contributed by atoms with Crippen molar-refractivity contribution in [2.75, 3.05) is 0 Å². The van der Waals surface area contributed by atoms with Crippen molar-refractivity contribution in [2.45, 2.75) is 0 Å². The Morgan fingerprint density at radius 3 is 0.500 bits per heavy atom. The van der Waals surface area contributed by atoms with Crippen molar-refractivity contribution in [1.82, 2.24) is 0 Å². The molecule has 0 N–H and O–H groups in total. The fraction of sp³-hybridized carbons (Fsp3) is 0. The molecular weight excluding hydrogens is 562 g/mol. The van der Waals surface area contributed by atoms with Crippen LogP contribution in [0.5, 0.6) is 0 Å². The summed E-state index contributed by atoms with van der Waals surface area (Å²) in [6, 6.07) is 0. The summed E-state index contributed by atoms with van der Waals surface area (Å²) in [6.07, 6.45) is 0. The van der Waals surface area contributed by atoms with Gasteiger partial charge in [0.15, 0.2) is 0 Å². The van der Waals surface area contributed by atoms with Crippen LogP contribution in [0.25, 0.3) is 0 Å². The third-order valence-electron chi connectivity index (χ3n) is 0. The first-order chi connectivity index (χ1) is 5.20. The minimum Gasteiger partial charge on any atom is -0.813 e. The van der Waals surface area contributed by atoms with Crippen molar-refractivity contribution in [1.29, 1.82) is 0 Å². The summed E-state index contributed by atoms with van der Waals surface area (Å²) in [7, 11) is -10.9. The molecule has 92 valence electrons. The second-order valence-corrected chi connectivity index (χ2v) is 2.25. The van der Waals surface area contributed by atoms with Crippen LogP contribution in [-0.2, 0) is 13.7 Å². The smallest absolute Gasteiger partial charge is 0.813 e. The summed E-state index contributed by atoms with van der Waals surface area (Å²) >= 11 is 0. The maximum atomic E-state index is 8.52. The molecule has 0 aliphatic carbocycles. The van der Waals surface area contributed by atoms with Gasteiger partial charge in [-0.1, -0.05) is 24.8 Å². The number of rotatable bonds is 0. The van der Waals surface area contributed by atoms with Crippen LogP contribution < -0.4 is 29.4 Å². The van der Waals surface area contributed by atoms with Crippen LogP contribution in [0.4, 0.5) is 0 Å². The molecule has 0 heterocycles. The quantitative estimate of drug-likeness (QED) is 0.258. The van der Waals surface area contributed by atoms with Crippen LogP contribution >= 0.6 is 24.8 Å². The molecule has 0 rings (SSSR count). The Bertz CT molecular complexity index is 116. The Morgan fingerprint density at radius 2 is 0.500 bits per heavy atom. The molecule has 0 aliphatic rings. The van der Waals surface area contributed by atoms with Crippen molar-refractivity contribution in [3.63, 3.8) is 0 Å². The standard InChI is InChI=1S/2Dy.3H3O3P/c;;3*1-4(2)3/h;;3*4H,(H2,1,2,3)/q2*+3;;;/p-6. The van der Waals surface area contributed by atoms with E-state index in [1.807, 2.05) is 0 Å². The summed E-state index contributed by atoms with van der Waals surface area (Å²) < 4.78 is 25.6. The van der Waals surface area contributed by atoms with E-state index in [1.165, 1.54) is 0 Å². The van der Waals surface area contributed by atoms with Crippen molar-refractivity contribution < 1.29 is 119 Å². The Kier molecular flexibility index (Phi) is 54.0. The van der Waals surface area contributed by atoms with E-state index in [9.17, 15) is 0 Å². The van der Waals surface area contributed by atoms with Gasteiger partial charge in [0, 0.05) is 0 Å². The Hall–Kier alpha value is 3.00. The Balaban J connectivity index is -0.0000000270. The second kappa shape index (κ2) is 25.0. The summed E-state index contributed by atoms with van der Waals surface area (Å²) in [4.78, 5) is 51.1. The molecule has 0 spiro atoms. The van der Waals surface area contributed by atoms with Crippen LogP contribution in [0, 0.1) is 76.3 Å². The van der Waals surface area contributed by atoms with Crippen LogP contribution in [0.3, 0.4) is 0 Å². The van der Waals surface area contributed by atoms with E-state index in [2.05, 4.69) is 0 Å². The first-order valence-corrected chi connectivity index (χ1v) is 5.51. The first-order valence-electron chi connectivity index (χ1n) is 1.84. The molecule has 2 radical (unpaired) electrons. The molecule has 0 amide bonds. The first kappa shape index (κ1) is 30.2. The minimum absolute atomic E-state index is 0. The number of hydrogen-bond acceptors (Lipinski definition) is 9. The number of hydrogen-bond donors (Lipinski definition) is 0. The van der Waals surface area contributed by atoms with Gasteiger partial charge in [-0.2, -0.15) is 0 Å². The average molecular weight is 565 g/mol. The average Bonchev–Trinajstić information content (AvgIpc) is 1.54. The molecule has 14 heavy (non-hydrogen) atoms. The third-order valence-corrected chi connectivity index (χ3v) is 0. The van der Waals surface area contributed by atoms with E-state index in [0.29, 0.717) is 0 Å². The maximum Gasteiger partial charge on any atom is 3.00 e.